The summed E-state index contributed by atoms with van der Waals surface area (Å²) < 4.78 is 28.0. The highest BCUT2D eigenvalue weighted by Gasteiger charge is 2.12. The summed E-state index contributed by atoms with van der Waals surface area (Å²) in [5.74, 6) is 0. The summed E-state index contributed by atoms with van der Waals surface area (Å²) in [7, 11) is -3.77. The summed E-state index contributed by atoms with van der Waals surface area (Å²) >= 11 is 3.36. The van der Waals surface area contributed by atoms with E-state index >= 15 is 0 Å². The number of rotatable bonds is 6. The van der Waals surface area contributed by atoms with Gasteiger partial charge in [0.1, 0.15) is 0 Å². The lowest BCUT2D eigenvalue weighted by atomic mass is 10.2. The van der Waals surface area contributed by atoms with Gasteiger partial charge in [0.05, 0.1) is 22.5 Å². The van der Waals surface area contributed by atoms with Crippen molar-refractivity contribution in [3.05, 3.63) is 94.3 Å². The Balaban J connectivity index is 1.72. The largest absolute Gasteiger partial charge is 0.323 e. The molecule has 3 aromatic rings. The Kier molecular flexibility index (Phi) is 6.69. The van der Waals surface area contributed by atoms with Crippen molar-refractivity contribution in [2.75, 3.05) is 15.4 Å². The molecule has 0 saturated carbocycles. The van der Waals surface area contributed by atoms with Crippen molar-refractivity contribution in [3.8, 4) is 0 Å². The predicted molar refractivity (Wildman–Crippen MR) is 121 cm³/mol. The first-order valence-electron chi connectivity index (χ1n) is 8.60. The molecule has 0 fully saturated rings. The van der Waals surface area contributed by atoms with Gasteiger partial charge in [-0.05, 0) is 51.8 Å². The number of amides is 2. The molecule has 3 rings (SSSR count). The Labute approximate surface area is 177 Å². The second-order valence-electron chi connectivity index (χ2n) is 5.97. The van der Waals surface area contributed by atoms with Crippen molar-refractivity contribution in [3.63, 3.8) is 0 Å². The van der Waals surface area contributed by atoms with E-state index in [0.29, 0.717) is 11.4 Å². The average Bonchev–Trinajstić information content (AvgIpc) is 2.70. The zero-order chi connectivity index (χ0) is 20.7. The summed E-state index contributed by atoms with van der Waals surface area (Å²) in [5, 5.41) is 6.45. The Morgan fingerprint density at radius 1 is 0.759 bits per heavy atom. The lowest BCUT2D eigenvalue weighted by Crippen LogP contribution is -2.21. The van der Waals surface area contributed by atoms with Gasteiger partial charge >= 0.3 is 6.03 Å². The van der Waals surface area contributed by atoms with Crippen LogP contribution in [0, 0.1) is 0 Å². The van der Waals surface area contributed by atoms with Crippen LogP contribution < -0.4 is 15.4 Å². The number of anilines is 3. The van der Waals surface area contributed by atoms with Crippen LogP contribution in [0.1, 0.15) is 5.56 Å². The first-order valence-corrected chi connectivity index (χ1v) is 10.9. The maximum atomic E-state index is 12.4. The van der Waals surface area contributed by atoms with Gasteiger partial charge in [-0.3, -0.25) is 4.72 Å². The summed E-state index contributed by atoms with van der Waals surface area (Å²) in [6.07, 6.45) is 1.50. The minimum Gasteiger partial charge on any atom is -0.307 e. The van der Waals surface area contributed by atoms with Gasteiger partial charge in [-0.15, -0.1) is 0 Å². The molecule has 148 valence electrons. The van der Waals surface area contributed by atoms with E-state index in [9.17, 15) is 13.2 Å². The molecular formula is C21H18BrN3O3S. The van der Waals surface area contributed by atoms with E-state index in [1.165, 1.54) is 6.08 Å². The van der Waals surface area contributed by atoms with Gasteiger partial charge < -0.3 is 10.6 Å². The average molecular weight is 472 g/mol. The smallest absolute Gasteiger partial charge is 0.307 e. The number of sulfonamides is 1. The van der Waals surface area contributed by atoms with E-state index in [1.54, 1.807) is 54.6 Å². The molecule has 0 aromatic heterocycles. The molecule has 0 aliphatic heterocycles. The fourth-order valence-corrected chi connectivity index (χ4v) is 3.71. The predicted octanol–water partition coefficient (Wildman–Crippen LogP) is 5.51. The molecule has 29 heavy (non-hydrogen) atoms. The molecule has 0 heterocycles. The van der Waals surface area contributed by atoms with E-state index in [0.717, 1.165) is 15.4 Å². The van der Waals surface area contributed by atoms with E-state index in [-0.39, 0.29) is 5.69 Å². The zero-order valence-electron chi connectivity index (χ0n) is 15.2. The topological polar surface area (TPSA) is 87.3 Å². The van der Waals surface area contributed by atoms with Gasteiger partial charge in [0.15, 0.2) is 0 Å². The number of hydrogen-bond donors (Lipinski definition) is 3. The Bertz CT molecular complexity index is 1130. The molecule has 0 bridgehead atoms. The van der Waals surface area contributed by atoms with Gasteiger partial charge in [0.2, 0.25) is 0 Å². The molecule has 6 nitrogen and oxygen atoms in total. The SMILES string of the molecule is O=C(Nc1ccccc1Br)Nc1ccccc1NS(=O)(=O)C=Cc1ccccc1. The third-order valence-corrected chi connectivity index (χ3v) is 5.48. The minimum atomic E-state index is -3.77. The van der Waals surface area contributed by atoms with Crippen LogP contribution in [0.5, 0.6) is 0 Å². The molecule has 0 radical (unpaired) electrons. The fourth-order valence-electron chi connectivity index (χ4n) is 2.44. The van der Waals surface area contributed by atoms with Gasteiger partial charge in [-0.1, -0.05) is 54.6 Å². The van der Waals surface area contributed by atoms with Crippen molar-refractivity contribution in [2.24, 2.45) is 0 Å². The molecule has 0 unspecified atom stereocenters. The van der Waals surface area contributed by atoms with Gasteiger partial charge in [-0.2, -0.15) is 0 Å². The standard InChI is InChI=1S/C21H18BrN3O3S/c22-17-10-4-5-11-18(17)23-21(26)24-19-12-6-7-13-20(19)25-29(27,28)15-14-16-8-2-1-3-9-16/h1-15,25H,(H2,23,24,26). The van der Waals surface area contributed by atoms with Crippen LogP contribution in [0.4, 0.5) is 21.9 Å². The Morgan fingerprint density at radius 3 is 2.00 bits per heavy atom. The normalized spacial score (nSPS) is 11.2. The number of urea groups is 1. The van der Waals surface area contributed by atoms with Gasteiger partial charge in [-0.25, -0.2) is 13.2 Å². The molecular weight excluding hydrogens is 454 g/mol. The Hall–Kier alpha value is -3.10. The number of carbonyl (C=O) groups is 1. The number of carbonyl (C=O) groups excluding carboxylic acids is 1. The third kappa shape index (κ3) is 6.20. The molecule has 0 spiro atoms. The van der Waals surface area contributed by atoms with Crippen LogP contribution in [0.15, 0.2) is 88.7 Å². The summed E-state index contributed by atoms with van der Waals surface area (Å²) in [6.45, 7) is 0. The van der Waals surface area contributed by atoms with E-state index in [2.05, 4.69) is 31.3 Å². The number of halogens is 1. The van der Waals surface area contributed by atoms with Crippen LogP contribution in [0.2, 0.25) is 0 Å². The van der Waals surface area contributed by atoms with Crippen LogP contribution in [0.3, 0.4) is 0 Å². The fraction of sp³-hybridized carbons (Fsp3) is 0. The van der Waals surface area contributed by atoms with Crippen molar-refractivity contribution in [1.82, 2.24) is 0 Å². The first-order chi connectivity index (χ1) is 13.9. The molecule has 3 aromatic carbocycles. The van der Waals surface area contributed by atoms with Gasteiger partial charge in [0, 0.05) is 4.47 Å². The van der Waals surface area contributed by atoms with Crippen LogP contribution >= 0.6 is 15.9 Å². The van der Waals surface area contributed by atoms with Crippen LogP contribution in [-0.4, -0.2) is 14.4 Å². The molecule has 0 aliphatic rings. The Morgan fingerprint density at radius 2 is 1.31 bits per heavy atom. The van der Waals surface area contributed by atoms with Crippen molar-refractivity contribution in [1.29, 1.82) is 0 Å². The third-order valence-electron chi connectivity index (χ3n) is 3.79. The zero-order valence-corrected chi connectivity index (χ0v) is 17.6. The summed E-state index contributed by atoms with van der Waals surface area (Å²) in [4.78, 5) is 12.3. The summed E-state index contributed by atoms with van der Waals surface area (Å²) in [6, 6.07) is 22.3. The quantitative estimate of drug-likeness (QED) is 0.443. The molecule has 0 atom stereocenters. The van der Waals surface area contributed by atoms with E-state index in [4.69, 9.17) is 0 Å². The molecule has 0 aliphatic carbocycles. The lowest BCUT2D eigenvalue weighted by molar-refractivity contribution is 0.262. The molecule has 3 N–H and O–H groups in total. The van der Waals surface area contributed by atoms with Crippen LogP contribution in [0.25, 0.3) is 6.08 Å². The highest BCUT2D eigenvalue weighted by molar-refractivity contribution is 9.10. The highest BCUT2D eigenvalue weighted by Crippen LogP contribution is 2.24. The van der Waals surface area contributed by atoms with Crippen molar-refractivity contribution < 1.29 is 13.2 Å². The van der Waals surface area contributed by atoms with E-state index < -0.39 is 16.1 Å². The van der Waals surface area contributed by atoms with Crippen molar-refractivity contribution >= 4 is 55.1 Å². The molecule has 0 saturated heterocycles. The lowest BCUT2D eigenvalue weighted by Gasteiger charge is -2.13. The maximum absolute atomic E-state index is 12.4. The monoisotopic (exact) mass is 471 g/mol. The highest BCUT2D eigenvalue weighted by atomic mass is 79.9. The second kappa shape index (κ2) is 9.40. The number of benzene rings is 3. The molecule has 8 heteroatoms. The van der Waals surface area contributed by atoms with Crippen molar-refractivity contribution in [2.45, 2.75) is 0 Å². The minimum absolute atomic E-state index is 0.257. The van der Waals surface area contributed by atoms with Gasteiger partial charge in [0.25, 0.3) is 10.0 Å². The number of nitrogens with one attached hydrogen (secondary N) is 3. The number of para-hydroxylation sites is 3. The molecule has 2 amide bonds. The second-order valence-corrected chi connectivity index (χ2v) is 8.39. The van der Waals surface area contributed by atoms with E-state index in [1.807, 2.05) is 24.3 Å². The maximum Gasteiger partial charge on any atom is 0.323 e. The van der Waals surface area contributed by atoms with Crippen LogP contribution in [-0.2, 0) is 10.0 Å². The number of hydrogen-bond acceptors (Lipinski definition) is 3. The summed E-state index contributed by atoms with van der Waals surface area (Å²) in [5.41, 5.74) is 1.94. The first kappa shape index (κ1) is 20.6.